The molecule has 1 aromatic heterocycles. The number of aliphatic hydroxyl groups is 1. The van der Waals surface area contributed by atoms with Gasteiger partial charge in [0.05, 0.1) is 12.6 Å². The molecule has 0 fully saturated rings. The van der Waals surface area contributed by atoms with E-state index in [1.54, 1.807) is 0 Å². The highest BCUT2D eigenvalue weighted by molar-refractivity contribution is 5.94. The lowest BCUT2D eigenvalue weighted by atomic mass is 10.1. The number of hydrogen-bond donors (Lipinski definition) is 3. The van der Waals surface area contributed by atoms with Crippen molar-refractivity contribution in [2.24, 2.45) is 0 Å². The quantitative estimate of drug-likeness (QED) is 0.786. The molecule has 0 unspecified atom stereocenters. The monoisotopic (exact) mass is 258 g/mol. The number of carbonyl (C=O) groups excluding carboxylic acids is 1. The van der Waals surface area contributed by atoms with E-state index < -0.39 is 6.04 Å². The van der Waals surface area contributed by atoms with Crippen molar-refractivity contribution in [3.8, 4) is 0 Å². The lowest BCUT2D eigenvalue weighted by Crippen LogP contribution is -2.31. The molecule has 2 aromatic rings. The first-order chi connectivity index (χ1) is 9.11. The molecule has 19 heavy (non-hydrogen) atoms. The Hall–Kier alpha value is -2.07. The van der Waals surface area contributed by atoms with Crippen LogP contribution in [0.25, 0.3) is 0 Å². The Morgan fingerprint density at radius 3 is 2.53 bits per heavy atom. The predicted molar refractivity (Wildman–Crippen MR) is 74.0 cm³/mol. The number of carbonyl (C=O) groups is 1. The molecule has 100 valence electrons. The van der Waals surface area contributed by atoms with Crippen LogP contribution in [0.3, 0.4) is 0 Å². The molecule has 1 heterocycles. The summed E-state index contributed by atoms with van der Waals surface area (Å²) in [6.07, 6.45) is 0. The zero-order valence-electron chi connectivity index (χ0n) is 11.1. The van der Waals surface area contributed by atoms with E-state index in [1.807, 2.05) is 50.2 Å². The van der Waals surface area contributed by atoms with Crippen molar-refractivity contribution in [2.75, 3.05) is 6.61 Å². The molecular weight excluding hydrogens is 240 g/mol. The maximum absolute atomic E-state index is 12.2. The van der Waals surface area contributed by atoms with E-state index in [0.29, 0.717) is 5.69 Å². The molecule has 0 saturated heterocycles. The van der Waals surface area contributed by atoms with Crippen LogP contribution in [0.15, 0.2) is 36.4 Å². The number of H-pyrrole nitrogens is 1. The third-order valence-electron chi connectivity index (χ3n) is 3.07. The van der Waals surface area contributed by atoms with Gasteiger partial charge in [0, 0.05) is 5.69 Å². The van der Waals surface area contributed by atoms with Crippen LogP contribution in [0.4, 0.5) is 0 Å². The zero-order chi connectivity index (χ0) is 13.8. The number of aliphatic hydroxyl groups excluding tert-OH is 1. The topological polar surface area (TPSA) is 65.1 Å². The molecule has 0 saturated carbocycles. The minimum absolute atomic E-state index is 0.130. The number of aryl methyl sites for hydroxylation is 2. The van der Waals surface area contributed by atoms with Gasteiger partial charge in [-0.25, -0.2) is 0 Å². The minimum atomic E-state index is -0.392. The van der Waals surface area contributed by atoms with E-state index in [-0.39, 0.29) is 12.5 Å². The van der Waals surface area contributed by atoms with E-state index in [1.165, 1.54) is 0 Å². The second kappa shape index (κ2) is 5.71. The van der Waals surface area contributed by atoms with E-state index >= 15 is 0 Å². The van der Waals surface area contributed by atoms with Gasteiger partial charge in [-0.2, -0.15) is 0 Å². The summed E-state index contributed by atoms with van der Waals surface area (Å²) in [5, 5.41) is 12.3. The van der Waals surface area contributed by atoms with Gasteiger partial charge in [0.15, 0.2) is 0 Å². The van der Waals surface area contributed by atoms with E-state index in [0.717, 1.165) is 16.8 Å². The molecule has 3 N–H and O–H groups in total. The first-order valence-electron chi connectivity index (χ1n) is 6.24. The van der Waals surface area contributed by atoms with Gasteiger partial charge in [-0.1, -0.05) is 30.3 Å². The Balaban J connectivity index is 2.15. The van der Waals surface area contributed by atoms with Crippen LogP contribution in [0.1, 0.15) is 33.4 Å². The van der Waals surface area contributed by atoms with Crippen molar-refractivity contribution < 1.29 is 9.90 Å². The van der Waals surface area contributed by atoms with Crippen molar-refractivity contribution in [3.05, 3.63) is 58.9 Å². The molecule has 2 rings (SSSR count). The van der Waals surface area contributed by atoms with Gasteiger partial charge in [0.1, 0.15) is 5.69 Å². The number of benzene rings is 1. The highest BCUT2D eigenvalue weighted by Gasteiger charge is 2.17. The number of nitrogens with one attached hydrogen (secondary N) is 2. The van der Waals surface area contributed by atoms with Crippen LogP contribution in [0.2, 0.25) is 0 Å². The van der Waals surface area contributed by atoms with Gasteiger partial charge in [-0.15, -0.1) is 0 Å². The first kappa shape index (κ1) is 13.4. The molecule has 1 aromatic carbocycles. The SMILES string of the molecule is Cc1cc(C)c(C(=O)N[C@H](CO)c2ccccc2)[nH]1. The summed E-state index contributed by atoms with van der Waals surface area (Å²) < 4.78 is 0. The molecule has 1 amide bonds. The van der Waals surface area contributed by atoms with Gasteiger partial charge < -0.3 is 15.4 Å². The Kier molecular flexibility index (Phi) is 4.02. The van der Waals surface area contributed by atoms with Crippen molar-refractivity contribution in [1.29, 1.82) is 0 Å². The summed E-state index contributed by atoms with van der Waals surface area (Å²) in [5.74, 6) is -0.200. The maximum Gasteiger partial charge on any atom is 0.268 e. The maximum atomic E-state index is 12.2. The van der Waals surface area contributed by atoms with Crippen LogP contribution in [-0.4, -0.2) is 22.6 Å². The highest BCUT2D eigenvalue weighted by Crippen LogP contribution is 2.14. The summed E-state index contributed by atoms with van der Waals surface area (Å²) in [5.41, 5.74) is 3.29. The Bertz CT molecular complexity index is 561. The molecule has 4 heteroatoms. The van der Waals surface area contributed by atoms with Gasteiger partial charge in [-0.3, -0.25) is 4.79 Å². The summed E-state index contributed by atoms with van der Waals surface area (Å²) >= 11 is 0. The molecule has 0 aliphatic heterocycles. The fourth-order valence-electron chi connectivity index (χ4n) is 2.11. The molecular formula is C15H18N2O2. The molecule has 0 radical (unpaired) electrons. The van der Waals surface area contributed by atoms with Gasteiger partial charge >= 0.3 is 0 Å². The second-order valence-electron chi connectivity index (χ2n) is 4.63. The summed E-state index contributed by atoms with van der Waals surface area (Å²) in [4.78, 5) is 15.2. The van der Waals surface area contributed by atoms with Gasteiger partial charge in [-0.05, 0) is 31.0 Å². The number of aromatic amines is 1. The normalized spacial score (nSPS) is 12.2. The lowest BCUT2D eigenvalue weighted by molar-refractivity contribution is 0.0911. The summed E-state index contributed by atoms with van der Waals surface area (Å²) in [6, 6.07) is 11.0. The predicted octanol–water partition coefficient (Wildman–Crippen LogP) is 2.09. The average Bonchev–Trinajstić information content (AvgIpc) is 2.76. The van der Waals surface area contributed by atoms with Crippen molar-refractivity contribution in [2.45, 2.75) is 19.9 Å². The summed E-state index contributed by atoms with van der Waals surface area (Å²) in [6.45, 7) is 3.66. The number of hydrogen-bond acceptors (Lipinski definition) is 2. The highest BCUT2D eigenvalue weighted by atomic mass is 16.3. The molecule has 0 aliphatic rings. The van der Waals surface area contributed by atoms with Crippen molar-refractivity contribution in [1.82, 2.24) is 10.3 Å². The number of amides is 1. The van der Waals surface area contributed by atoms with Crippen molar-refractivity contribution in [3.63, 3.8) is 0 Å². The van der Waals surface area contributed by atoms with Crippen molar-refractivity contribution >= 4 is 5.91 Å². The minimum Gasteiger partial charge on any atom is -0.394 e. The first-order valence-corrected chi connectivity index (χ1v) is 6.24. The Morgan fingerprint density at radius 1 is 1.32 bits per heavy atom. The largest absolute Gasteiger partial charge is 0.394 e. The zero-order valence-corrected chi connectivity index (χ0v) is 11.1. The smallest absolute Gasteiger partial charge is 0.268 e. The van der Waals surface area contributed by atoms with Crippen LogP contribution in [0.5, 0.6) is 0 Å². The molecule has 0 bridgehead atoms. The average molecular weight is 258 g/mol. The molecule has 4 nitrogen and oxygen atoms in total. The number of rotatable bonds is 4. The van der Waals surface area contributed by atoms with Crippen LogP contribution < -0.4 is 5.32 Å². The Labute approximate surface area is 112 Å². The van der Waals surface area contributed by atoms with E-state index in [4.69, 9.17) is 0 Å². The van der Waals surface area contributed by atoms with Crippen LogP contribution >= 0.6 is 0 Å². The molecule has 0 spiro atoms. The van der Waals surface area contributed by atoms with Gasteiger partial charge in [0.2, 0.25) is 0 Å². The fraction of sp³-hybridized carbons (Fsp3) is 0.267. The number of aromatic nitrogens is 1. The van der Waals surface area contributed by atoms with E-state index in [9.17, 15) is 9.90 Å². The lowest BCUT2D eigenvalue weighted by Gasteiger charge is -2.16. The van der Waals surface area contributed by atoms with Gasteiger partial charge in [0.25, 0.3) is 5.91 Å². The standard InChI is InChI=1S/C15H18N2O2/c1-10-8-11(2)16-14(10)15(19)17-13(9-18)12-6-4-3-5-7-12/h3-8,13,16,18H,9H2,1-2H3,(H,17,19)/t13-/m1/s1. The third kappa shape index (κ3) is 3.03. The third-order valence-corrected chi connectivity index (χ3v) is 3.07. The fourth-order valence-corrected chi connectivity index (χ4v) is 2.11. The second-order valence-corrected chi connectivity index (χ2v) is 4.63. The van der Waals surface area contributed by atoms with E-state index in [2.05, 4.69) is 10.3 Å². The Morgan fingerprint density at radius 2 is 2.00 bits per heavy atom. The van der Waals surface area contributed by atoms with Crippen LogP contribution in [-0.2, 0) is 0 Å². The van der Waals surface area contributed by atoms with Crippen LogP contribution in [0, 0.1) is 13.8 Å². The summed E-state index contributed by atoms with van der Waals surface area (Å²) in [7, 11) is 0. The molecule has 0 aliphatic carbocycles. The molecule has 1 atom stereocenters.